The maximum atomic E-state index is 13.2. The number of hydrogen-bond acceptors (Lipinski definition) is 3. The molecule has 82 valence electrons. The summed E-state index contributed by atoms with van der Waals surface area (Å²) in [6, 6.07) is 4.71. The molecule has 1 amide bonds. The standard InChI is InChI=1S/C11H9FN2OS/c12-7-1-2-9-8(4-7)11-6(5-16-9)3-10(15)13-14-11/h1-2,4,6H,3,5H2,(H,13,15). The monoisotopic (exact) mass is 236 g/mol. The van der Waals surface area contributed by atoms with Gasteiger partial charge in [0.2, 0.25) is 5.91 Å². The van der Waals surface area contributed by atoms with Crippen molar-refractivity contribution in [1.82, 2.24) is 5.43 Å². The van der Waals surface area contributed by atoms with Crippen LogP contribution in [-0.2, 0) is 4.79 Å². The highest BCUT2D eigenvalue weighted by molar-refractivity contribution is 7.99. The van der Waals surface area contributed by atoms with Crippen molar-refractivity contribution in [2.24, 2.45) is 11.0 Å². The fourth-order valence-electron chi connectivity index (χ4n) is 2.02. The number of carbonyl (C=O) groups excluding carboxylic acids is 1. The van der Waals surface area contributed by atoms with Gasteiger partial charge in [-0.2, -0.15) is 5.10 Å². The van der Waals surface area contributed by atoms with Gasteiger partial charge < -0.3 is 0 Å². The fraction of sp³-hybridized carbons (Fsp3) is 0.273. The molecular formula is C11H9FN2OS. The van der Waals surface area contributed by atoms with Crippen LogP contribution in [0.25, 0.3) is 0 Å². The van der Waals surface area contributed by atoms with E-state index >= 15 is 0 Å². The molecule has 2 aliphatic heterocycles. The Bertz CT molecular complexity index is 501. The van der Waals surface area contributed by atoms with Gasteiger partial charge in [-0.15, -0.1) is 11.8 Å². The molecule has 0 aliphatic carbocycles. The lowest BCUT2D eigenvalue weighted by Gasteiger charge is -2.28. The zero-order chi connectivity index (χ0) is 11.1. The van der Waals surface area contributed by atoms with E-state index in [2.05, 4.69) is 10.5 Å². The van der Waals surface area contributed by atoms with Crippen molar-refractivity contribution in [1.29, 1.82) is 0 Å². The molecule has 0 aromatic heterocycles. The molecule has 0 fully saturated rings. The average molecular weight is 236 g/mol. The van der Waals surface area contributed by atoms with Crippen molar-refractivity contribution in [3.8, 4) is 0 Å². The zero-order valence-corrected chi connectivity index (χ0v) is 9.18. The van der Waals surface area contributed by atoms with Crippen molar-refractivity contribution in [2.75, 3.05) is 5.75 Å². The van der Waals surface area contributed by atoms with E-state index in [1.165, 1.54) is 12.1 Å². The molecule has 1 atom stereocenters. The van der Waals surface area contributed by atoms with Crippen molar-refractivity contribution in [3.63, 3.8) is 0 Å². The van der Waals surface area contributed by atoms with Gasteiger partial charge in [0.1, 0.15) is 5.82 Å². The van der Waals surface area contributed by atoms with Crippen LogP contribution < -0.4 is 5.43 Å². The van der Waals surface area contributed by atoms with Crippen molar-refractivity contribution < 1.29 is 9.18 Å². The van der Waals surface area contributed by atoms with Gasteiger partial charge in [0, 0.05) is 28.6 Å². The number of carbonyl (C=O) groups is 1. The molecule has 2 aliphatic rings. The minimum Gasteiger partial charge on any atom is -0.273 e. The Morgan fingerprint density at radius 3 is 3.25 bits per heavy atom. The van der Waals surface area contributed by atoms with Crippen LogP contribution >= 0.6 is 11.8 Å². The second-order valence-electron chi connectivity index (χ2n) is 3.88. The second-order valence-corrected chi connectivity index (χ2v) is 4.95. The van der Waals surface area contributed by atoms with Crippen LogP contribution in [0.2, 0.25) is 0 Å². The summed E-state index contributed by atoms with van der Waals surface area (Å²) in [5, 5.41) is 4.05. The highest BCUT2D eigenvalue weighted by Crippen LogP contribution is 2.35. The third-order valence-corrected chi connectivity index (χ3v) is 4.01. The van der Waals surface area contributed by atoms with E-state index < -0.39 is 0 Å². The largest absolute Gasteiger partial charge is 0.273 e. The van der Waals surface area contributed by atoms with E-state index in [0.717, 1.165) is 21.9 Å². The van der Waals surface area contributed by atoms with Crippen LogP contribution in [0.3, 0.4) is 0 Å². The summed E-state index contributed by atoms with van der Waals surface area (Å²) in [4.78, 5) is 12.2. The molecule has 1 N–H and O–H groups in total. The highest BCUT2D eigenvalue weighted by atomic mass is 32.2. The van der Waals surface area contributed by atoms with E-state index in [-0.39, 0.29) is 17.6 Å². The van der Waals surface area contributed by atoms with Gasteiger partial charge >= 0.3 is 0 Å². The number of hydrogen-bond donors (Lipinski definition) is 1. The summed E-state index contributed by atoms with van der Waals surface area (Å²) in [5.41, 5.74) is 4.09. The smallest absolute Gasteiger partial charge is 0.240 e. The number of benzene rings is 1. The first kappa shape index (κ1) is 9.84. The molecule has 0 radical (unpaired) electrons. The molecule has 3 rings (SSSR count). The summed E-state index contributed by atoms with van der Waals surface area (Å²) >= 11 is 1.66. The number of nitrogens with one attached hydrogen (secondary N) is 1. The number of hydrazone groups is 1. The molecule has 1 unspecified atom stereocenters. The summed E-state index contributed by atoms with van der Waals surface area (Å²) in [7, 11) is 0. The maximum Gasteiger partial charge on any atom is 0.240 e. The van der Waals surface area contributed by atoms with E-state index in [0.29, 0.717) is 6.42 Å². The van der Waals surface area contributed by atoms with E-state index in [4.69, 9.17) is 0 Å². The SMILES string of the molecule is O=C1CC2CSc3ccc(F)cc3C2=NN1. The van der Waals surface area contributed by atoms with E-state index in [9.17, 15) is 9.18 Å². The number of fused-ring (bicyclic) bond motifs is 3. The first-order chi connectivity index (χ1) is 7.74. The number of halogens is 1. The maximum absolute atomic E-state index is 13.2. The van der Waals surface area contributed by atoms with Gasteiger partial charge in [0.05, 0.1) is 5.71 Å². The molecule has 3 nitrogen and oxygen atoms in total. The van der Waals surface area contributed by atoms with Gasteiger partial charge in [-0.05, 0) is 18.2 Å². The normalized spacial score (nSPS) is 22.9. The molecule has 0 saturated carbocycles. The number of nitrogens with zero attached hydrogens (tertiary/aromatic N) is 1. The van der Waals surface area contributed by atoms with Gasteiger partial charge in [0.15, 0.2) is 0 Å². The fourth-order valence-corrected chi connectivity index (χ4v) is 3.16. The predicted octanol–water partition coefficient (Wildman–Crippen LogP) is 1.77. The zero-order valence-electron chi connectivity index (χ0n) is 8.37. The van der Waals surface area contributed by atoms with Crippen LogP contribution in [0.4, 0.5) is 4.39 Å². The van der Waals surface area contributed by atoms with Crippen LogP contribution in [0.15, 0.2) is 28.2 Å². The Morgan fingerprint density at radius 1 is 1.50 bits per heavy atom. The summed E-state index contributed by atoms with van der Waals surface area (Å²) < 4.78 is 13.2. The lowest BCUT2D eigenvalue weighted by molar-refractivity contribution is -0.121. The third-order valence-electron chi connectivity index (χ3n) is 2.78. The summed E-state index contributed by atoms with van der Waals surface area (Å²) in [6.45, 7) is 0. The van der Waals surface area contributed by atoms with E-state index in [1.807, 2.05) is 0 Å². The van der Waals surface area contributed by atoms with Gasteiger partial charge in [-0.3, -0.25) is 4.79 Å². The molecule has 5 heteroatoms. The van der Waals surface area contributed by atoms with Crippen molar-refractivity contribution in [3.05, 3.63) is 29.6 Å². The van der Waals surface area contributed by atoms with Gasteiger partial charge in [-0.1, -0.05) is 0 Å². The van der Waals surface area contributed by atoms with Crippen LogP contribution in [0.1, 0.15) is 12.0 Å². The minimum absolute atomic E-state index is 0.0609. The molecule has 1 aromatic carbocycles. The number of thioether (sulfide) groups is 1. The quantitative estimate of drug-likeness (QED) is 0.746. The molecule has 16 heavy (non-hydrogen) atoms. The minimum atomic E-state index is -0.264. The molecular weight excluding hydrogens is 227 g/mol. The second kappa shape index (κ2) is 3.59. The Labute approximate surface area is 96.1 Å². The first-order valence-electron chi connectivity index (χ1n) is 5.03. The lowest BCUT2D eigenvalue weighted by atomic mass is 9.93. The Morgan fingerprint density at radius 2 is 2.38 bits per heavy atom. The van der Waals surface area contributed by atoms with Crippen molar-refractivity contribution in [2.45, 2.75) is 11.3 Å². The van der Waals surface area contributed by atoms with Crippen molar-refractivity contribution >= 4 is 23.4 Å². The van der Waals surface area contributed by atoms with Gasteiger partial charge in [-0.25, -0.2) is 9.82 Å². The number of amides is 1. The predicted molar refractivity (Wildman–Crippen MR) is 59.9 cm³/mol. The van der Waals surface area contributed by atoms with Crippen LogP contribution in [-0.4, -0.2) is 17.4 Å². The first-order valence-corrected chi connectivity index (χ1v) is 6.02. The molecule has 1 aromatic rings. The third kappa shape index (κ3) is 1.51. The Kier molecular flexibility index (Phi) is 2.21. The average Bonchev–Trinajstić information content (AvgIpc) is 2.28. The Hall–Kier alpha value is -1.36. The summed E-state index contributed by atoms with van der Waals surface area (Å²) in [5.74, 6) is 0.632. The van der Waals surface area contributed by atoms with Crippen LogP contribution in [0.5, 0.6) is 0 Å². The van der Waals surface area contributed by atoms with E-state index in [1.54, 1.807) is 17.8 Å². The number of rotatable bonds is 0. The molecule has 0 bridgehead atoms. The van der Waals surface area contributed by atoms with Gasteiger partial charge in [0.25, 0.3) is 0 Å². The lowest BCUT2D eigenvalue weighted by Crippen LogP contribution is -2.36. The summed E-state index contributed by atoms with van der Waals surface area (Å²) in [6.07, 6.45) is 0.446. The molecule has 0 spiro atoms. The topological polar surface area (TPSA) is 41.5 Å². The molecule has 2 heterocycles. The Balaban J connectivity index is 2.11. The highest BCUT2D eigenvalue weighted by Gasteiger charge is 2.31. The van der Waals surface area contributed by atoms with Crippen LogP contribution in [0, 0.1) is 11.7 Å². The molecule has 0 saturated heterocycles.